The van der Waals surface area contributed by atoms with E-state index in [1.165, 1.54) is 33.4 Å². The number of hydrogen-bond acceptors (Lipinski definition) is 3. The molecule has 0 saturated carbocycles. The minimum absolute atomic E-state index is 0.497. The molecule has 0 fully saturated rings. The molecule has 0 heterocycles. The highest BCUT2D eigenvalue weighted by Crippen LogP contribution is 2.16. The Hall–Kier alpha value is -1.46. The third-order valence-corrected chi connectivity index (χ3v) is 6.47. The van der Waals surface area contributed by atoms with Crippen molar-refractivity contribution < 1.29 is 14.2 Å². The summed E-state index contributed by atoms with van der Waals surface area (Å²) in [4.78, 5) is 0. The van der Waals surface area contributed by atoms with Crippen LogP contribution in [-0.4, -0.2) is 35.7 Å². The Kier molecular flexibility index (Phi) is 18.9. The van der Waals surface area contributed by atoms with Crippen molar-refractivity contribution in [2.75, 3.05) is 19.8 Å². The summed E-state index contributed by atoms with van der Waals surface area (Å²) in [7, 11) is 0.617. The largest absolute Gasteiger partial charge is 0.328 e. The molecule has 0 bridgehead atoms. The zero-order valence-corrected chi connectivity index (χ0v) is 26.6. The van der Waals surface area contributed by atoms with Crippen LogP contribution in [-0.2, 0) is 14.2 Å². The lowest BCUT2D eigenvalue weighted by atomic mass is 10.1. The Balaban J connectivity index is 5.00. The second-order valence-electron chi connectivity index (χ2n) is 10.4. The highest BCUT2D eigenvalue weighted by atomic mass is 28.1. The minimum atomic E-state index is -0.954. The molecular weight excluding hydrogens is 448 g/mol. The number of allylic oxidation sites excluding steroid dienone is 9. The topological polar surface area (TPSA) is 27.7 Å². The lowest BCUT2D eigenvalue weighted by Crippen LogP contribution is -2.40. The van der Waals surface area contributed by atoms with Gasteiger partial charge >= 0.3 is 0 Å². The molecule has 200 valence electrons. The van der Waals surface area contributed by atoms with Crippen LogP contribution in [0.4, 0.5) is 0 Å². The molecule has 4 heteroatoms. The first kappa shape index (κ1) is 33.5. The van der Waals surface area contributed by atoms with E-state index in [2.05, 4.69) is 98.8 Å². The SMILES string of the molecule is CC(C)=CCC/C(C)=C/COC([SiH3])(OC/C=C(\C)CCC=C(C)C)OC/C=C(\C)CCC=C(C)C. The van der Waals surface area contributed by atoms with E-state index in [1.54, 1.807) is 0 Å². The van der Waals surface area contributed by atoms with Crippen molar-refractivity contribution in [2.24, 2.45) is 0 Å². The minimum Gasteiger partial charge on any atom is -0.328 e. The molecule has 0 radical (unpaired) electrons. The van der Waals surface area contributed by atoms with Crippen LogP contribution in [0.2, 0.25) is 0 Å². The highest BCUT2D eigenvalue weighted by Gasteiger charge is 2.25. The van der Waals surface area contributed by atoms with E-state index in [0.717, 1.165) is 38.5 Å². The van der Waals surface area contributed by atoms with Crippen molar-refractivity contribution in [2.45, 2.75) is 106 Å². The zero-order valence-electron chi connectivity index (χ0n) is 24.6. The Bertz CT molecular complexity index is 666. The van der Waals surface area contributed by atoms with Crippen molar-refractivity contribution >= 4 is 10.2 Å². The molecule has 35 heavy (non-hydrogen) atoms. The fraction of sp³-hybridized carbons (Fsp3) is 0.613. The van der Waals surface area contributed by atoms with Crippen LogP contribution in [0, 0.1) is 0 Å². The molecule has 0 aliphatic carbocycles. The first-order valence-corrected chi connectivity index (χ1v) is 14.2. The van der Waals surface area contributed by atoms with Crippen molar-refractivity contribution in [3.8, 4) is 0 Å². The molecule has 0 aromatic carbocycles. The zero-order chi connectivity index (χ0) is 26.7. The molecule has 0 amide bonds. The van der Waals surface area contributed by atoms with Crippen LogP contribution < -0.4 is 0 Å². The van der Waals surface area contributed by atoms with Gasteiger partial charge in [0, 0.05) is 0 Å². The standard InChI is InChI=1S/C31H54O3Si/c1-25(2)13-10-16-28(7)19-22-32-31(35,33-23-20-29(8)17-11-14-26(3)4)34-24-21-30(9)18-12-15-27(5)6/h13-15,19-21H,10-12,16-18,22-24H2,1-9,35H3/b28-19+,29-20+,30-21+. The normalized spacial score (nSPS) is 13.1. The van der Waals surface area contributed by atoms with Gasteiger partial charge in [0.05, 0.1) is 19.8 Å². The summed E-state index contributed by atoms with van der Waals surface area (Å²) in [5, 5.41) is 0. The first-order chi connectivity index (χ1) is 16.4. The Labute approximate surface area is 220 Å². The highest BCUT2D eigenvalue weighted by molar-refractivity contribution is 6.12. The Morgan fingerprint density at radius 2 is 0.743 bits per heavy atom. The molecule has 0 saturated heterocycles. The molecule has 3 nitrogen and oxygen atoms in total. The molecule has 0 rings (SSSR count). The van der Waals surface area contributed by atoms with E-state index in [9.17, 15) is 0 Å². The third kappa shape index (κ3) is 21.5. The van der Waals surface area contributed by atoms with Gasteiger partial charge in [0.15, 0.2) is 0 Å². The van der Waals surface area contributed by atoms with Gasteiger partial charge in [-0.05, 0) is 101 Å². The van der Waals surface area contributed by atoms with Crippen LogP contribution in [0.25, 0.3) is 0 Å². The van der Waals surface area contributed by atoms with Crippen molar-refractivity contribution in [3.05, 3.63) is 69.9 Å². The van der Waals surface area contributed by atoms with Crippen LogP contribution in [0.3, 0.4) is 0 Å². The molecule has 0 N–H and O–H groups in total. The second kappa shape index (κ2) is 19.7. The summed E-state index contributed by atoms with van der Waals surface area (Å²) in [6.07, 6.45) is 19.6. The van der Waals surface area contributed by atoms with E-state index in [4.69, 9.17) is 14.2 Å². The van der Waals surface area contributed by atoms with Gasteiger partial charge in [-0.2, -0.15) is 0 Å². The predicted molar refractivity (Wildman–Crippen MR) is 158 cm³/mol. The lowest BCUT2D eigenvalue weighted by Gasteiger charge is -2.29. The summed E-state index contributed by atoms with van der Waals surface area (Å²) in [6.45, 7) is 20.8. The maximum atomic E-state index is 6.16. The quantitative estimate of drug-likeness (QED) is 0.108. The van der Waals surface area contributed by atoms with Gasteiger partial charge < -0.3 is 14.2 Å². The molecule has 0 aliphatic rings. The average Bonchev–Trinajstić information content (AvgIpc) is 2.73. The van der Waals surface area contributed by atoms with Crippen molar-refractivity contribution in [1.29, 1.82) is 0 Å². The molecule has 0 spiro atoms. The maximum absolute atomic E-state index is 6.16. The van der Waals surface area contributed by atoms with Crippen LogP contribution >= 0.6 is 0 Å². The molecule has 0 aromatic heterocycles. The second-order valence-corrected chi connectivity index (χ2v) is 11.6. The van der Waals surface area contributed by atoms with Gasteiger partial charge in [-0.15, -0.1) is 0 Å². The molecule has 0 aliphatic heterocycles. The Morgan fingerprint density at radius 3 is 0.971 bits per heavy atom. The van der Waals surface area contributed by atoms with Gasteiger partial charge in [-0.3, -0.25) is 0 Å². The summed E-state index contributed by atoms with van der Waals surface area (Å²) in [5.41, 5.74) is 7.13. The lowest BCUT2D eigenvalue weighted by molar-refractivity contribution is -0.313. The molecule has 0 atom stereocenters. The van der Waals surface area contributed by atoms with Crippen LogP contribution in [0.5, 0.6) is 0 Å². The first-order valence-electron chi connectivity index (χ1n) is 13.2. The number of rotatable bonds is 18. The van der Waals surface area contributed by atoms with Crippen LogP contribution in [0.15, 0.2) is 69.9 Å². The number of ether oxygens (including phenoxy) is 3. The van der Waals surface area contributed by atoms with Gasteiger partial charge in [0.2, 0.25) is 5.60 Å². The molecule has 0 aromatic rings. The predicted octanol–water partition coefficient (Wildman–Crippen LogP) is 8.09. The van der Waals surface area contributed by atoms with Gasteiger partial charge in [0.1, 0.15) is 10.2 Å². The smallest absolute Gasteiger partial charge is 0.246 e. The van der Waals surface area contributed by atoms with Gasteiger partial charge in [-0.25, -0.2) is 0 Å². The monoisotopic (exact) mass is 502 g/mol. The Morgan fingerprint density at radius 1 is 0.486 bits per heavy atom. The molecular formula is C31H54O3Si. The summed E-state index contributed by atoms with van der Waals surface area (Å²) < 4.78 is 18.5. The number of hydrogen-bond donors (Lipinski definition) is 0. The van der Waals surface area contributed by atoms with Crippen LogP contribution in [0.1, 0.15) is 101 Å². The molecule has 0 unspecified atom stereocenters. The third-order valence-electron chi connectivity index (χ3n) is 5.61. The van der Waals surface area contributed by atoms with Gasteiger partial charge in [-0.1, -0.05) is 69.9 Å². The van der Waals surface area contributed by atoms with E-state index in [1.807, 2.05) is 0 Å². The van der Waals surface area contributed by atoms with E-state index >= 15 is 0 Å². The van der Waals surface area contributed by atoms with Gasteiger partial charge in [0.25, 0.3) is 0 Å². The maximum Gasteiger partial charge on any atom is 0.246 e. The summed E-state index contributed by atoms with van der Waals surface area (Å²) >= 11 is 0. The average molecular weight is 503 g/mol. The fourth-order valence-corrected chi connectivity index (χ4v) is 3.70. The fourth-order valence-electron chi connectivity index (χ4n) is 3.20. The van der Waals surface area contributed by atoms with Crippen molar-refractivity contribution in [1.82, 2.24) is 0 Å². The van der Waals surface area contributed by atoms with E-state index in [-0.39, 0.29) is 0 Å². The summed E-state index contributed by atoms with van der Waals surface area (Å²) in [5.74, 6) is 0. The summed E-state index contributed by atoms with van der Waals surface area (Å²) in [6, 6.07) is 0. The van der Waals surface area contributed by atoms with E-state index < -0.39 is 5.60 Å². The van der Waals surface area contributed by atoms with Crippen molar-refractivity contribution in [3.63, 3.8) is 0 Å². The van der Waals surface area contributed by atoms with E-state index in [0.29, 0.717) is 30.1 Å².